The molecule has 0 heterocycles. The molecule has 0 aliphatic rings. The van der Waals surface area contributed by atoms with Gasteiger partial charge in [-0.1, -0.05) is 20.8 Å². The van der Waals surface area contributed by atoms with E-state index in [1.807, 2.05) is 6.92 Å². The molecule has 1 nitrogen and oxygen atoms in total. The summed E-state index contributed by atoms with van der Waals surface area (Å²) in [4.78, 5) is 11.1. The molecule has 0 aromatic heterocycles. The summed E-state index contributed by atoms with van der Waals surface area (Å²) < 4.78 is 0. The highest BCUT2D eigenvalue weighted by Gasteiger charge is 2.18. The molecule has 10 heavy (non-hydrogen) atoms. The second-order valence-electron chi connectivity index (χ2n) is 2.86. The second-order valence-corrected chi connectivity index (χ2v) is 3.13. The number of hydrogen-bond donors (Lipinski definition) is 0. The van der Waals surface area contributed by atoms with E-state index in [1.165, 1.54) is 0 Å². The van der Waals surface area contributed by atoms with Crippen LogP contribution in [0.4, 0.5) is 0 Å². The van der Waals surface area contributed by atoms with Crippen molar-refractivity contribution in [2.45, 2.75) is 27.2 Å². The zero-order chi connectivity index (χ0) is 8.15. The molecular formula is C8H15ClO. The van der Waals surface area contributed by atoms with Gasteiger partial charge in [0.05, 0.1) is 5.88 Å². The number of carbonyl (C=O) groups excluding carboxylic acids is 1. The van der Waals surface area contributed by atoms with Crippen LogP contribution < -0.4 is 0 Å². The molecule has 0 amide bonds. The minimum absolute atomic E-state index is 0.163. The molecular weight excluding hydrogens is 148 g/mol. The van der Waals surface area contributed by atoms with Crippen LogP contribution in [0.5, 0.6) is 0 Å². The molecule has 0 fully saturated rings. The van der Waals surface area contributed by atoms with Gasteiger partial charge in [0.1, 0.15) is 0 Å². The number of alkyl halides is 1. The molecule has 0 bridgehead atoms. The Morgan fingerprint density at radius 3 is 2.10 bits per heavy atom. The maximum Gasteiger partial charge on any atom is 0.150 e. The topological polar surface area (TPSA) is 17.1 Å². The average molecular weight is 163 g/mol. The predicted molar refractivity (Wildman–Crippen MR) is 44.3 cm³/mol. The molecule has 0 aliphatic carbocycles. The Kier molecular flexibility index (Phi) is 4.71. The van der Waals surface area contributed by atoms with Crippen LogP contribution >= 0.6 is 11.6 Å². The van der Waals surface area contributed by atoms with E-state index >= 15 is 0 Å². The van der Waals surface area contributed by atoms with Crippen LogP contribution in [0.25, 0.3) is 0 Å². The van der Waals surface area contributed by atoms with Gasteiger partial charge < -0.3 is 0 Å². The van der Waals surface area contributed by atoms with Gasteiger partial charge in [-0.25, -0.2) is 0 Å². The third kappa shape index (κ3) is 2.70. The zero-order valence-electron chi connectivity index (χ0n) is 6.86. The molecule has 0 aromatic rings. The standard InChI is InChI=1S/C8H15ClO/c1-4-7(6(2)3)8(10)5-9/h6-7H,4-5H2,1-3H3. The van der Waals surface area contributed by atoms with Crippen molar-refractivity contribution in [1.29, 1.82) is 0 Å². The number of Topliss-reactive ketones (excluding diaryl/α,β-unsaturated/α-hetero) is 1. The molecule has 0 spiro atoms. The van der Waals surface area contributed by atoms with E-state index in [2.05, 4.69) is 13.8 Å². The van der Waals surface area contributed by atoms with E-state index in [1.54, 1.807) is 0 Å². The van der Waals surface area contributed by atoms with E-state index in [-0.39, 0.29) is 17.6 Å². The summed E-state index contributed by atoms with van der Waals surface area (Å²) in [7, 11) is 0. The summed E-state index contributed by atoms with van der Waals surface area (Å²) in [5.74, 6) is 0.935. The van der Waals surface area contributed by atoms with Gasteiger partial charge in [0.2, 0.25) is 0 Å². The van der Waals surface area contributed by atoms with Crippen LogP contribution in [0.3, 0.4) is 0 Å². The fourth-order valence-electron chi connectivity index (χ4n) is 1.17. The number of rotatable bonds is 4. The van der Waals surface area contributed by atoms with Gasteiger partial charge >= 0.3 is 0 Å². The number of hydrogen-bond acceptors (Lipinski definition) is 1. The smallest absolute Gasteiger partial charge is 0.150 e. The minimum Gasteiger partial charge on any atom is -0.298 e. The van der Waals surface area contributed by atoms with E-state index in [9.17, 15) is 4.79 Å². The van der Waals surface area contributed by atoms with Crippen molar-refractivity contribution in [2.24, 2.45) is 11.8 Å². The van der Waals surface area contributed by atoms with Crippen molar-refractivity contribution in [3.63, 3.8) is 0 Å². The number of halogens is 1. The Morgan fingerprint density at radius 1 is 1.50 bits per heavy atom. The summed E-state index contributed by atoms with van der Waals surface area (Å²) in [5.41, 5.74) is 0. The monoisotopic (exact) mass is 162 g/mol. The fraction of sp³-hybridized carbons (Fsp3) is 0.875. The Hall–Kier alpha value is -0.0400. The molecule has 0 N–H and O–H groups in total. The van der Waals surface area contributed by atoms with Crippen molar-refractivity contribution in [3.8, 4) is 0 Å². The SMILES string of the molecule is CCC(C(=O)CCl)C(C)C. The molecule has 2 heteroatoms. The molecule has 0 rings (SSSR count). The lowest BCUT2D eigenvalue weighted by Crippen LogP contribution is -2.20. The summed E-state index contributed by atoms with van der Waals surface area (Å²) in [6.45, 7) is 6.13. The van der Waals surface area contributed by atoms with Crippen LogP contribution in [-0.4, -0.2) is 11.7 Å². The number of ketones is 1. The zero-order valence-corrected chi connectivity index (χ0v) is 7.61. The van der Waals surface area contributed by atoms with Crippen molar-refractivity contribution in [1.82, 2.24) is 0 Å². The van der Waals surface area contributed by atoms with Crippen molar-refractivity contribution in [2.75, 3.05) is 5.88 Å². The fourth-order valence-corrected chi connectivity index (χ4v) is 1.37. The van der Waals surface area contributed by atoms with Crippen molar-refractivity contribution >= 4 is 17.4 Å². The predicted octanol–water partition coefficient (Wildman–Crippen LogP) is 2.48. The third-order valence-corrected chi connectivity index (χ3v) is 2.05. The molecule has 0 saturated carbocycles. The highest BCUT2D eigenvalue weighted by molar-refractivity contribution is 6.27. The normalized spacial score (nSPS) is 13.7. The summed E-state index contributed by atoms with van der Waals surface area (Å²) in [5, 5.41) is 0. The maximum atomic E-state index is 11.1. The quantitative estimate of drug-likeness (QED) is 0.581. The van der Waals surface area contributed by atoms with Crippen molar-refractivity contribution < 1.29 is 4.79 Å². The highest BCUT2D eigenvalue weighted by Crippen LogP contribution is 2.16. The maximum absolute atomic E-state index is 11.1. The molecule has 60 valence electrons. The Morgan fingerprint density at radius 2 is 2.00 bits per heavy atom. The Bertz CT molecular complexity index is 110. The first-order valence-electron chi connectivity index (χ1n) is 3.72. The number of carbonyl (C=O) groups is 1. The first-order chi connectivity index (χ1) is 4.63. The first-order valence-corrected chi connectivity index (χ1v) is 4.25. The molecule has 0 aliphatic heterocycles. The van der Waals surface area contributed by atoms with Gasteiger partial charge in [0, 0.05) is 5.92 Å². The van der Waals surface area contributed by atoms with Crippen LogP contribution in [0.15, 0.2) is 0 Å². The van der Waals surface area contributed by atoms with Gasteiger partial charge in [-0.2, -0.15) is 0 Å². The van der Waals surface area contributed by atoms with Crippen LogP contribution in [-0.2, 0) is 4.79 Å². The van der Waals surface area contributed by atoms with Gasteiger partial charge in [-0.15, -0.1) is 11.6 Å². The van der Waals surface area contributed by atoms with Gasteiger partial charge in [0.25, 0.3) is 0 Å². The molecule has 0 radical (unpaired) electrons. The lowest BCUT2D eigenvalue weighted by atomic mass is 9.90. The molecule has 1 unspecified atom stereocenters. The molecule has 1 atom stereocenters. The summed E-state index contributed by atoms with van der Waals surface area (Å²) >= 11 is 5.42. The van der Waals surface area contributed by atoms with Gasteiger partial charge in [-0.3, -0.25) is 4.79 Å². The van der Waals surface area contributed by atoms with Crippen molar-refractivity contribution in [3.05, 3.63) is 0 Å². The minimum atomic E-state index is 0.163. The summed E-state index contributed by atoms with van der Waals surface area (Å²) in [6.07, 6.45) is 0.906. The molecule has 0 aromatic carbocycles. The van der Waals surface area contributed by atoms with Crippen LogP contribution in [0.1, 0.15) is 27.2 Å². The Labute approximate surface area is 67.8 Å². The lowest BCUT2D eigenvalue weighted by molar-refractivity contribution is -0.121. The van der Waals surface area contributed by atoms with Gasteiger partial charge in [-0.05, 0) is 12.3 Å². The molecule has 0 saturated heterocycles. The summed E-state index contributed by atoms with van der Waals surface area (Å²) in [6, 6.07) is 0. The van der Waals surface area contributed by atoms with Gasteiger partial charge in [0.15, 0.2) is 5.78 Å². The van der Waals surface area contributed by atoms with E-state index < -0.39 is 0 Å². The first kappa shape index (κ1) is 9.96. The average Bonchev–Trinajstić information content (AvgIpc) is 1.88. The van der Waals surface area contributed by atoms with Crippen LogP contribution in [0, 0.1) is 11.8 Å². The Balaban J connectivity index is 3.93. The van der Waals surface area contributed by atoms with E-state index in [0.29, 0.717) is 5.92 Å². The van der Waals surface area contributed by atoms with Crippen LogP contribution in [0.2, 0.25) is 0 Å². The largest absolute Gasteiger partial charge is 0.298 e. The highest BCUT2D eigenvalue weighted by atomic mass is 35.5. The second kappa shape index (κ2) is 4.73. The van der Waals surface area contributed by atoms with E-state index in [4.69, 9.17) is 11.6 Å². The van der Waals surface area contributed by atoms with E-state index in [0.717, 1.165) is 6.42 Å². The third-order valence-electron chi connectivity index (χ3n) is 1.79. The lowest BCUT2D eigenvalue weighted by Gasteiger charge is -2.15.